The third-order valence-corrected chi connectivity index (χ3v) is 4.85. The Morgan fingerprint density at radius 1 is 1.25 bits per heavy atom. The van der Waals surface area contributed by atoms with Crippen molar-refractivity contribution in [3.8, 4) is 0 Å². The van der Waals surface area contributed by atoms with Gasteiger partial charge in [0.25, 0.3) is 0 Å². The summed E-state index contributed by atoms with van der Waals surface area (Å²) in [5.74, 6) is 2.58. The highest BCUT2D eigenvalue weighted by Crippen LogP contribution is 2.49. The molecule has 0 bridgehead atoms. The average Bonchev–Trinajstić information content (AvgIpc) is 2.29. The lowest BCUT2D eigenvalue weighted by atomic mass is 10.1. The quantitative estimate of drug-likeness (QED) is 0.597. The van der Waals surface area contributed by atoms with E-state index in [1.165, 1.54) is 24.3 Å². The molecular formula is C9H15NS2. The molecule has 0 saturated carbocycles. The van der Waals surface area contributed by atoms with Gasteiger partial charge in [0.2, 0.25) is 0 Å². The molecule has 68 valence electrons. The highest BCUT2D eigenvalue weighted by Gasteiger charge is 2.41. The maximum Gasteiger partial charge on any atom is 0.108 e. The lowest BCUT2D eigenvalue weighted by Crippen LogP contribution is -2.27. The van der Waals surface area contributed by atoms with E-state index in [1.54, 1.807) is 0 Å². The number of thioether (sulfide) groups is 2. The molecule has 0 aliphatic carbocycles. The predicted octanol–water partition coefficient (Wildman–Crippen LogP) is 2.81. The predicted molar refractivity (Wildman–Crippen MR) is 59.5 cm³/mol. The van der Waals surface area contributed by atoms with Crippen LogP contribution in [-0.2, 0) is 0 Å². The van der Waals surface area contributed by atoms with Crippen molar-refractivity contribution in [3.63, 3.8) is 0 Å². The third-order valence-electron chi connectivity index (χ3n) is 2.34. The topological polar surface area (TPSA) is 12.4 Å². The van der Waals surface area contributed by atoms with E-state index in [4.69, 9.17) is 4.99 Å². The Hall–Kier alpha value is 0.370. The van der Waals surface area contributed by atoms with Crippen molar-refractivity contribution in [1.82, 2.24) is 0 Å². The molecule has 1 saturated heterocycles. The Morgan fingerprint density at radius 2 is 1.92 bits per heavy atom. The lowest BCUT2D eigenvalue weighted by Gasteiger charge is -2.31. The normalized spacial score (nSPS) is 31.2. The molecule has 1 fully saturated rings. The van der Waals surface area contributed by atoms with Crippen LogP contribution in [0.15, 0.2) is 4.99 Å². The van der Waals surface area contributed by atoms with E-state index in [0.29, 0.717) is 0 Å². The summed E-state index contributed by atoms with van der Waals surface area (Å²) in [5, 5.41) is 0. The minimum absolute atomic E-state index is 0.273. The summed E-state index contributed by atoms with van der Waals surface area (Å²) in [7, 11) is 0. The molecule has 0 aromatic heterocycles. The van der Waals surface area contributed by atoms with Crippen molar-refractivity contribution in [2.75, 3.05) is 11.5 Å². The number of aliphatic imine (C=N–C) groups is 1. The van der Waals surface area contributed by atoms with Gasteiger partial charge < -0.3 is 0 Å². The van der Waals surface area contributed by atoms with Gasteiger partial charge in [-0.15, -0.1) is 11.8 Å². The van der Waals surface area contributed by atoms with Crippen LogP contribution in [0.2, 0.25) is 0 Å². The minimum atomic E-state index is 0.273. The zero-order valence-corrected chi connectivity index (χ0v) is 9.30. The summed E-state index contributed by atoms with van der Waals surface area (Å²) in [6, 6.07) is 0. The van der Waals surface area contributed by atoms with Crippen LogP contribution in [0.25, 0.3) is 0 Å². The lowest BCUT2D eigenvalue weighted by molar-refractivity contribution is 0.579. The van der Waals surface area contributed by atoms with Gasteiger partial charge in [-0.25, -0.2) is 0 Å². The first-order valence-corrected chi connectivity index (χ1v) is 6.43. The Morgan fingerprint density at radius 3 is 2.42 bits per heavy atom. The van der Waals surface area contributed by atoms with Crippen LogP contribution < -0.4 is 0 Å². The Kier molecular flexibility index (Phi) is 2.20. The maximum atomic E-state index is 4.70. The smallest absolute Gasteiger partial charge is 0.108 e. The SMILES string of the molecule is CC1(C)C=NC2(CCSCC2)S1. The summed E-state index contributed by atoms with van der Waals surface area (Å²) in [6.45, 7) is 4.52. The Balaban J connectivity index is 2.10. The molecule has 3 heteroatoms. The summed E-state index contributed by atoms with van der Waals surface area (Å²) < 4.78 is 0.280. The largest absolute Gasteiger partial charge is 0.279 e. The molecule has 1 spiro atoms. The van der Waals surface area contributed by atoms with Gasteiger partial charge in [-0.05, 0) is 38.2 Å². The standard InChI is InChI=1S/C9H15NS2/c1-8(2)7-10-9(12-8)3-5-11-6-4-9/h7H,3-6H2,1-2H3. The zero-order chi connectivity index (χ0) is 8.66. The van der Waals surface area contributed by atoms with E-state index in [0.717, 1.165) is 0 Å². The van der Waals surface area contributed by atoms with Gasteiger partial charge in [0.1, 0.15) is 4.87 Å². The number of hydrogen-bond acceptors (Lipinski definition) is 3. The van der Waals surface area contributed by atoms with Gasteiger partial charge in [0.05, 0.1) is 0 Å². The van der Waals surface area contributed by atoms with E-state index in [2.05, 4.69) is 43.6 Å². The van der Waals surface area contributed by atoms with Crippen molar-refractivity contribution in [1.29, 1.82) is 0 Å². The molecule has 2 aliphatic heterocycles. The molecule has 0 amide bonds. The van der Waals surface area contributed by atoms with E-state index in [1.807, 2.05) is 0 Å². The second kappa shape index (κ2) is 2.95. The molecule has 2 heterocycles. The molecule has 0 aromatic carbocycles. The third kappa shape index (κ3) is 1.67. The van der Waals surface area contributed by atoms with Crippen molar-refractivity contribution < 1.29 is 0 Å². The first kappa shape index (κ1) is 8.95. The second-order valence-electron chi connectivity index (χ2n) is 4.02. The van der Waals surface area contributed by atoms with Crippen LogP contribution in [-0.4, -0.2) is 27.3 Å². The molecule has 0 aromatic rings. The minimum Gasteiger partial charge on any atom is -0.279 e. The van der Waals surface area contributed by atoms with Crippen LogP contribution in [0, 0.1) is 0 Å². The Bertz CT molecular complexity index is 205. The van der Waals surface area contributed by atoms with Crippen molar-refractivity contribution in [2.45, 2.75) is 36.3 Å². The van der Waals surface area contributed by atoms with Crippen LogP contribution in [0.3, 0.4) is 0 Å². The van der Waals surface area contributed by atoms with Crippen LogP contribution >= 0.6 is 23.5 Å². The van der Waals surface area contributed by atoms with Crippen molar-refractivity contribution in [2.24, 2.45) is 4.99 Å². The van der Waals surface area contributed by atoms with Crippen molar-refractivity contribution in [3.05, 3.63) is 0 Å². The average molecular weight is 201 g/mol. The molecule has 2 aliphatic rings. The number of nitrogens with zero attached hydrogens (tertiary/aromatic N) is 1. The molecule has 0 radical (unpaired) electrons. The van der Waals surface area contributed by atoms with Gasteiger partial charge in [-0.2, -0.15) is 11.8 Å². The monoisotopic (exact) mass is 201 g/mol. The number of hydrogen-bond donors (Lipinski definition) is 0. The summed E-state index contributed by atoms with van der Waals surface area (Å²) in [6.07, 6.45) is 4.68. The fourth-order valence-corrected chi connectivity index (χ4v) is 4.76. The highest BCUT2D eigenvalue weighted by atomic mass is 32.2. The summed E-state index contributed by atoms with van der Waals surface area (Å²) >= 11 is 4.12. The van der Waals surface area contributed by atoms with Crippen LogP contribution in [0.5, 0.6) is 0 Å². The molecule has 0 atom stereocenters. The molecule has 0 unspecified atom stereocenters. The molecule has 1 nitrogen and oxygen atoms in total. The van der Waals surface area contributed by atoms with Crippen molar-refractivity contribution >= 4 is 29.7 Å². The van der Waals surface area contributed by atoms with E-state index in [-0.39, 0.29) is 9.62 Å². The van der Waals surface area contributed by atoms with Gasteiger partial charge in [0, 0.05) is 11.0 Å². The summed E-state index contributed by atoms with van der Waals surface area (Å²) in [4.78, 5) is 4.98. The first-order chi connectivity index (χ1) is 5.62. The molecule has 12 heavy (non-hydrogen) atoms. The zero-order valence-electron chi connectivity index (χ0n) is 7.67. The van der Waals surface area contributed by atoms with Gasteiger partial charge in [-0.1, -0.05) is 0 Å². The first-order valence-electron chi connectivity index (χ1n) is 4.46. The van der Waals surface area contributed by atoms with Gasteiger partial charge in [-0.3, -0.25) is 4.99 Å². The summed E-state index contributed by atoms with van der Waals surface area (Å²) in [5.41, 5.74) is 0. The highest BCUT2D eigenvalue weighted by molar-refractivity contribution is 8.03. The molecule has 2 rings (SSSR count). The van der Waals surface area contributed by atoms with Crippen LogP contribution in [0.4, 0.5) is 0 Å². The molecular weight excluding hydrogens is 186 g/mol. The second-order valence-corrected chi connectivity index (χ2v) is 7.26. The Labute approximate surface area is 82.8 Å². The maximum absolute atomic E-state index is 4.70. The van der Waals surface area contributed by atoms with E-state index >= 15 is 0 Å². The molecule has 0 N–H and O–H groups in total. The van der Waals surface area contributed by atoms with Crippen LogP contribution in [0.1, 0.15) is 26.7 Å². The van der Waals surface area contributed by atoms with E-state index in [9.17, 15) is 0 Å². The van der Waals surface area contributed by atoms with Gasteiger partial charge >= 0.3 is 0 Å². The fourth-order valence-electron chi connectivity index (χ4n) is 1.74. The number of rotatable bonds is 0. The van der Waals surface area contributed by atoms with Gasteiger partial charge in [0.15, 0.2) is 0 Å². The fraction of sp³-hybridized carbons (Fsp3) is 0.889. The van der Waals surface area contributed by atoms with E-state index < -0.39 is 0 Å².